The van der Waals surface area contributed by atoms with Gasteiger partial charge in [-0.15, -0.1) is 0 Å². The predicted molar refractivity (Wildman–Crippen MR) is 587 cm³/mol. The van der Waals surface area contributed by atoms with Crippen molar-refractivity contribution in [2.45, 2.75) is 13.3 Å². The smallest absolute Gasteiger partial charge is 0.292 e. The molecule has 5 aromatic heterocycles. The molecule has 0 aliphatic carbocycles. The van der Waals surface area contributed by atoms with E-state index in [2.05, 4.69) is 72.5 Å². The molecule has 0 fully saturated rings. The maximum atomic E-state index is 11.0. The zero-order valence-electron chi connectivity index (χ0n) is 85.4. The van der Waals surface area contributed by atoms with Crippen molar-refractivity contribution in [3.63, 3.8) is 0 Å². The molecule has 1 aliphatic rings. The fourth-order valence-electron chi connectivity index (χ4n) is 12.8. The number of aliphatic hydroxyl groups is 1. The highest BCUT2D eigenvalue weighted by Crippen LogP contribution is 2.36. The number of fused-ring (bicyclic) bond motifs is 4. The number of anilines is 8. The van der Waals surface area contributed by atoms with Crippen molar-refractivity contribution in [3.8, 4) is 62.9 Å². The van der Waals surface area contributed by atoms with Crippen LogP contribution in [-0.2, 0) is 11.2 Å². The quantitative estimate of drug-likeness (QED) is 0.00612. The Labute approximate surface area is 873 Å². The van der Waals surface area contributed by atoms with Crippen LogP contribution in [0.15, 0.2) is 236 Å². The number of benzene rings is 10. The number of H-pyrrole nitrogens is 3. The van der Waals surface area contributed by atoms with Crippen LogP contribution in [0.2, 0.25) is 5.02 Å². The number of halogens is 2. The van der Waals surface area contributed by atoms with Crippen molar-refractivity contribution in [2.24, 2.45) is 4.99 Å². The monoisotopic (exact) mass is 2080 g/mol. The molecule has 23 N–H and O–H groups in total. The van der Waals surface area contributed by atoms with Crippen LogP contribution < -0.4 is 87.4 Å². The topological polar surface area (TPSA) is 649 Å². The summed E-state index contributed by atoms with van der Waals surface area (Å²) in [6.45, 7) is 9.98. The summed E-state index contributed by atoms with van der Waals surface area (Å²) < 4.78 is 32.8. The minimum atomic E-state index is -0.550. The van der Waals surface area contributed by atoms with Crippen molar-refractivity contribution in [3.05, 3.63) is 299 Å². The van der Waals surface area contributed by atoms with E-state index in [1.54, 1.807) is 67.8 Å². The number of nitro benzene ring substituents is 4. The second-order valence-corrected chi connectivity index (χ2v) is 34.9. The normalized spacial score (nSPS) is 10.9. The van der Waals surface area contributed by atoms with E-state index in [1.807, 2.05) is 196 Å². The Balaban J connectivity index is 0.000000234. The van der Waals surface area contributed by atoms with Crippen LogP contribution in [0.4, 0.5) is 73.9 Å². The molecule has 46 heteroatoms. The fourth-order valence-corrected chi connectivity index (χ4v) is 13.0. The number of nitrogens with zero attached hydrogens (tertiary/aromatic N) is 16. The summed E-state index contributed by atoms with van der Waals surface area (Å²) in [6, 6.07) is 63.3. The number of methoxy groups -OCH3 is 1. The number of hydrogen-bond acceptors (Lipinski definition) is 36. The van der Waals surface area contributed by atoms with E-state index >= 15 is 0 Å². The first-order valence-corrected chi connectivity index (χ1v) is 46.3. The molecule has 0 saturated carbocycles. The van der Waals surface area contributed by atoms with Gasteiger partial charge in [0.1, 0.15) is 108 Å². The number of aliphatic hydroxyl groups excluding tert-OH is 1. The highest BCUT2D eigenvalue weighted by molar-refractivity contribution is 6.31. The summed E-state index contributed by atoms with van der Waals surface area (Å²) in [6.07, 6.45) is 4.21. The third-order valence-electron chi connectivity index (χ3n) is 21.0. The van der Waals surface area contributed by atoms with Gasteiger partial charge in [-0.05, 0) is 242 Å². The summed E-state index contributed by atoms with van der Waals surface area (Å²) in [5, 5.41) is 63.5. The first kappa shape index (κ1) is 119. The van der Waals surface area contributed by atoms with Crippen molar-refractivity contribution < 1.29 is 71.0 Å². The van der Waals surface area contributed by atoms with Gasteiger partial charge in [0.15, 0.2) is 5.71 Å². The average molecular weight is 2080 g/mol. The van der Waals surface area contributed by atoms with Gasteiger partial charge < -0.3 is 136 Å². The maximum absolute atomic E-state index is 11.0. The van der Waals surface area contributed by atoms with E-state index in [0.717, 1.165) is 142 Å². The van der Waals surface area contributed by atoms with E-state index in [-0.39, 0.29) is 70.4 Å². The SMILES string of the molecule is CC(=[NH2+])c1ccc(N)c([N+](=O)[O-])c1.CN(C)CCO.CN(C)CCOc1ccc(N)c(N)c1.CN(C)CCOc1ccc([N+](=O)[O-])c(N)c1.CN(C)CCOc1ccc2nc(-c3ccc(N)c(N)c3)[nH]c2c1.CN(C)CCOc1ccc2nc(-c3ccc(N)c([N+](=O)[O-])c3)[nH]c2c1.CN(C)CCOc1ccc2nc(-c3ccc4c(c3)CC(c3ccccn3)=N4)[nH]c2c1.COC(=N)c1ccccn1.Nc1cc(Cl)ccc1[N+](=O)[O-].[Cl-]. The van der Waals surface area contributed by atoms with Crippen LogP contribution in [-0.4, -0.2) is 282 Å². The number of pyridine rings is 2. The van der Waals surface area contributed by atoms with Gasteiger partial charge in [-0.1, -0.05) is 23.7 Å². The molecule has 0 amide bonds. The lowest BCUT2D eigenvalue weighted by Gasteiger charge is -2.11. The molecule has 0 atom stereocenters. The van der Waals surface area contributed by atoms with Gasteiger partial charge in [0.2, 0.25) is 5.90 Å². The average Bonchev–Trinajstić information content (AvgIpc) is 1.64. The third-order valence-corrected chi connectivity index (χ3v) is 21.2. The van der Waals surface area contributed by atoms with E-state index in [0.29, 0.717) is 94.9 Å². The molecule has 44 nitrogen and oxygen atoms in total. The van der Waals surface area contributed by atoms with Gasteiger partial charge >= 0.3 is 0 Å². The number of ether oxygens (including phenoxy) is 6. The summed E-state index contributed by atoms with van der Waals surface area (Å²) in [4.78, 5) is 89.2. The summed E-state index contributed by atoms with van der Waals surface area (Å²) >= 11 is 5.52. The van der Waals surface area contributed by atoms with E-state index in [1.165, 1.54) is 67.3 Å². The molecule has 0 spiro atoms. The van der Waals surface area contributed by atoms with Crippen LogP contribution in [0, 0.1) is 45.9 Å². The first-order chi connectivity index (χ1) is 70.4. The Kier molecular flexibility index (Phi) is 47.5. The van der Waals surface area contributed by atoms with Crippen LogP contribution in [0.3, 0.4) is 0 Å². The second-order valence-electron chi connectivity index (χ2n) is 34.4. The Hall–Kier alpha value is -17.0. The molecular weight excluding hydrogens is 1950 g/mol. The molecule has 0 bridgehead atoms. The molecule has 16 rings (SSSR count). The standard InChI is InChI=1S/C24H23N5O.C17H19N5O3.C17H21N5O.C10H15N3O3.C10H17N3O.C8H9N3O2.C7H8N2O.C6H5ClN2O2.C4H11NO.ClH/c1-29(2)11-12-30-18-7-9-21-23(15-18)28-24(27-21)16-6-8-19-17(13-16)14-22(26-19)20-5-3-4-10-25-20;1-21(2)7-8-25-12-4-6-14-15(10-12)20-17(19-14)11-3-5-13(18)16(9-11)22(23)24;1-22(2)7-8-23-12-4-6-15-16(10-12)21-17(20-15)11-3-5-13(18)14(19)9-11;1-12(2)5-6-16-8-3-4-10(13(14)15)9(11)7-8;1-13(2)5-6-14-8-3-4-9(11)10(12)7-8;1-5(9)6-2-3-7(10)8(4-6)11(12)13;1-10-7(8)6-4-2-3-5-9-6;7-4-1-2-6(9(10)11)5(8)3-4;1-5(2)3-4-6;/h3-10,13,15H,11-12,14H2,1-2H3,(H,27,28);3-6,9-10H,7-8,18H2,1-2H3,(H,19,20);3-6,9-10H,7-8,18-19H2,1-2H3,(H,20,21);3-4,7H,5-6,11H2,1-2H3;3-4,7H,5-6,11-12H2,1-2H3;2-4,9H,10H2,1H3;2-5,8H,1H3;1-3H,8H2;6H,3-4H2,1-2H3;1H. The number of nitrogens with one attached hydrogen (secondary N) is 4. The predicted octanol–water partition coefficient (Wildman–Crippen LogP) is 10.3. The molecule has 0 saturated heterocycles. The summed E-state index contributed by atoms with van der Waals surface area (Å²) in [7, 11) is 25.3. The van der Waals surface area contributed by atoms with Crippen molar-refractivity contribution in [1.29, 1.82) is 5.41 Å². The number of nitrogen functional groups attached to an aromatic ring is 8. The minimum absolute atomic E-state index is 0. The number of aromatic amines is 3. The third kappa shape index (κ3) is 39.2. The summed E-state index contributed by atoms with van der Waals surface area (Å²) in [5.74, 6) is 5.98. The molecule has 0 radical (unpaired) electrons. The lowest BCUT2D eigenvalue weighted by Crippen LogP contribution is -3.00. The molecule has 0 unspecified atom stereocenters. The minimum Gasteiger partial charge on any atom is -1.00 e. The first-order valence-electron chi connectivity index (χ1n) is 46.0. The lowest BCUT2D eigenvalue weighted by molar-refractivity contribution is -0.384. The van der Waals surface area contributed by atoms with Crippen LogP contribution in [0.1, 0.15) is 29.4 Å². The van der Waals surface area contributed by atoms with Gasteiger partial charge in [-0.2, -0.15) is 0 Å². The molecule has 1 aliphatic heterocycles. The number of aliphatic imine (C=N–C) groups is 1. The van der Waals surface area contributed by atoms with Crippen molar-refractivity contribution in [2.75, 3.05) is 216 Å². The van der Waals surface area contributed by atoms with Crippen LogP contribution >= 0.6 is 11.6 Å². The van der Waals surface area contributed by atoms with Crippen LogP contribution in [0.25, 0.3) is 67.3 Å². The Bertz CT molecular complexity index is 6960. The zero-order valence-corrected chi connectivity index (χ0v) is 86.9. The number of imidazole rings is 3. The van der Waals surface area contributed by atoms with E-state index in [4.69, 9.17) is 107 Å². The zero-order chi connectivity index (χ0) is 108. The van der Waals surface area contributed by atoms with Gasteiger partial charge in [-0.25, -0.2) is 15.0 Å². The van der Waals surface area contributed by atoms with Gasteiger partial charge in [-0.3, -0.25) is 66.2 Å². The number of hydrogen-bond donors (Lipinski definition) is 14. The fraction of sp³-hybridized carbons (Fsp3) is 0.262. The molecule has 10 aromatic carbocycles. The highest BCUT2D eigenvalue weighted by Gasteiger charge is 2.22. The van der Waals surface area contributed by atoms with Gasteiger partial charge in [0, 0.05) is 147 Å². The summed E-state index contributed by atoms with van der Waals surface area (Å²) in [5.41, 5.74) is 60.7. The van der Waals surface area contributed by atoms with Gasteiger partial charge in [0.25, 0.3) is 22.7 Å². The maximum Gasteiger partial charge on any atom is 0.292 e. The van der Waals surface area contributed by atoms with Crippen molar-refractivity contribution >= 4 is 136 Å². The molecule has 790 valence electrons. The Morgan fingerprint density at radius 3 is 1.15 bits per heavy atom. The molecule has 149 heavy (non-hydrogen) atoms. The van der Waals surface area contributed by atoms with E-state index < -0.39 is 19.7 Å². The lowest BCUT2D eigenvalue weighted by atomic mass is 10.0. The largest absolute Gasteiger partial charge is 1.00 e. The Morgan fingerprint density at radius 2 is 0.772 bits per heavy atom. The van der Waals surface area contributed by atoms with Gasteiger partial charge in [0.05, 0.1) is 106 Å². The number of nitrogens with two attached hydrogens (primary N) is 9. The second kappa shape index (κ2) is 59.5. The van der Waals surface area contributed by atoms with E-state index in [9.17, 15) is 40.5 Å². The number of likely N-dealkylation sites (N-methyl/N-ethyl adjacent to an activating group) is 6. The molecule has 6 heterocycles. The number of nitro groups is 4. The Morgan fingerprint density at radius 1 is 0.409 bits per heavy atom. The molecular formula is C103H129Cl2N29O15. The van der Waals surface area contributed by atoms with Crippen molar-refractivity contribution in [1.82, 2.24) is 69.3 Å². The number of rotatable bonds is 32. The van der Waals surface area contributed by atoms with Crippen LogP contribution in [0.5, 0.6) is 28.7 Å². The highest BCUT2D eigenvalue weighted by atomic mass is 35.5. The number of aromatic nitrogens is 8. The molecule has 15 aromatic rings.